The lowest BCUT2D eigenvalue weighted by Crippen LogP contribution is -2.26. The van der Waals surface area contributed by atoms with Gasteiger partial charge in [0.25, 0.3) is 0 Å². The Morgan fingerprint density at radius 2 is 2.41 bits per heavy atom. The summed E-state index contributed by atoms with van der Waals surface area (Å²) >= 11 is 0. The zero-order chi connectivity index (χ0) is 12.3. The van der Waals surface area contributed by atoms with Gasteiger partial charge in [-0.1, -0.05) is 13.8 Å². The first-order chi connectivity index (χ1) is 8.16. The quantitative estimate of drug-likeness (QED) is 0.849. The van der Waals surface area contributed by atoms with Crippen LogP contribution in [-0.4, -0.2) is 29.0 Å². The summed E-state index contributed by atoms with van der Waals surface area (Å²) in [5.41, 5.74) is 2.51. The van der Waals surface area contributed by atoms with Crippen molar-refractivity contribution >= 4 is 0 Å². The van der Waals surface area contributed by atoms with Gasteiger partial charge in [-0.05, 0) is 18.8 Å². The number of rotatable bonds is 5. The number of aromatic nitrogens is 2. The maximum absolute atomic E-state index is 5.59. The van der Waals surface area contributed by atoms with Crippen molar-refractivity contribution in [2.24, 2.45) is 7.05 Å². The van der Waals surface area contributed by atoms with E-state index in [9.17, 15) is 0 Å². The summed E-state index contributed by atoms with van der Waals surface area (Å²) in [4.78, 5) is 0. The van der Waals surface area contributed by atoms with Crippen LogP contribution in [0.25, 0.3) is 0 Å². The molecule has 1 aromatic rings. The Bertz CT molecular complexity index is 354. The van der Waals surface area contributed by atoms with Crippen LogP contribution in [0.4, 0.5) is 0 Å². The molecule has 1 atom stereocenters. The Balaban J connectivity index is 1.85. The molecule has 0 aliphatic carbocycles. The van der Waals surface area contributed by atoms with E-state index < -0.39 is 0 Å². The summed E-state index contributed by atoms with van der Waals surface area (Å²) in [6.07, 6.45) is 4.92. The van der Waals surface area contributed by atoms with Crippen LogP contribution in [0.3, 0.4) is 0 Å². The normalized spacial score (nSPS) is 20.4. The largest absolute Gasteiger partial charge is 0.377 e. The topological polar surface area (TPSA) is 39.1 Å². The molecular formula is C13H23N3O. The number of nitrogens with zero attached hydrogens (tertiary/aromatic N) is 2. The molecule has 0 spiro atoms. The molecule has 1 aromatic heterocycles. The van der Waals surface area contributed by atoms with Crippen molar-refractivity contribution < 1.29 is 4.74 Å². The molecule has 0 amide bonds. The Morgan fingerprint density at radius 3 is 3.06 bits per heavy atom. The molecule has 0 aromatic carbocycles. The van der Waals surface area contributed by atoms with Gasteiger partial charge in [0.1, 0.15) is 0 Å². The molecule has 1 unspecified atom stereocenters. The van der Waals surface area contributed by atoms with Gasteiger partial charge in [-0.25, -0.2) is 0 Å². The zero-order valence-electron chi connectivity index (χ0n) is 11.1. The van der Waals surface area contributed by atoms with E-state index in [1.165, 1.54) is 24.1 Å². The highest BCUT2D eigenvalue weighted by Gasteiger charge is 2.16. The molecule has 1 fully saturated rings. The van der Waals surface area contributed by atoms with E-state index in [1.807, 2.05) is 11.7 Å². The first-order valence-corrected chi connectivity index (χ1v) is 6.51. The molecule has 2 heterocycles. The van der Waals surface area contributed by atoms with Crippen molar-refractivity contribution in [1.82, 2.24) is 15.1 Å². The monoisotopic (exact) mass is 237 g/mol. The van der Waals surface area contributed by atoms with Crippen LogP contribution in [-0.2, 0) is 18.3 Å². The fraction of sp³-hybridized carbons (Fsp3) is 0.769. The molecule has 0 bridgehead atoms. The predicted octanol–water partition coefficient (Wildman–Crippen LogP) is 1.81. The van der Waals surface area contributed by atoms with Gasteiger partial charge in [0.15, 0.2) is 0 Å². The van der Waals surface area contributed by atoms with Crippen LogP contribution < -0.4 is 5.32 Å². The highest BCUT2D eigenvalue weighted by atomic mass is 16.5. The van der Waals surface area contributed by atoms with Gasteiger partial charge >= 0.3 is 0 Å². The van der Waals surface area contributed by atoms with E-state index in [2.05, 4.69) is 30.5 Å². The lowest BCUT2D eigenvalue weighted by molar-refractivity contribution is 0.110. The van der Waals surface area contributed by atoms with Gasteiger partial charge in [0, 0.05) is 38.5 Å². The van der Waals surface area contributed by atoms with E-state index in [0.717, 1.165) is 19.7 Å². The molecule has 4 nitrogen and oxygen atoms in total. The van der Waals surface area contributed by atoms with Gasteiger partial charge in [-0.3, -0.25) is 4.68 Å². The smallest absolute Gasteiger partial charge is 0.0700 e. The molecule has 96 valence electrons. The zero-order valence-corrected chi connectivity index (χ0v) is 11.1. The third-order valence-corrected chi connectivity index (χ3v) is 3.20. The third-order valence-electron chi connectivity index (χ3n) is 3.20. The maximum atomic E-state index is 5.59. The molecular weight excluding hydrogens is 214 g/mol. The second kappa shape index (κ2) is 5.65. The van der Waals surface area contributed by atoms with Crippen molar-refractivity contribution in [3.05, 3.63) is 17.5 Å². The standard InChI is InChI=1S/C13H23N3O/c1-10(2)13-11(9-16(3)15-13)7-14-8-12-5-4-6-17-12/h9-10,12,14H,4-8H2,1-3H3. The molecule has 0 saturated carbocycles. The van der Waals surface area contributed by atoms with E-state index in [0.29, 0.717) is 12.0 Å². The molecule has 17 heavy (non-hydrogen) atoms. The van der Waals surface area contributed by atoms with Gasteiger partial charge in [-0.2, -0.15) is 5.10 Å². The molecule has 2 rings (SSSR count). The minimum absolute atomic E-state index is 0.411. The number of hydrogen-bond acceptors (Lipinski definition) is 3. The number of nitrogens with one attached hydrogen (secondary N) is 1. The highest BCUT2D eigenvalue weighted by Crippen LogP contribution is 2.17. The summed E-state index contributed by atoms with van der Waals surface area (Å²) in [5, 5.41) is 7.98. The van der Waals surface area contributed by atoms with Crippen LogP contribution in [0.15, 0.2) is 6.20 Å². The molecule has 0 radical (unpaired) electrons. The first-order valence-electron chi connectivity index (χ1n) is 6.51. The first kappa shape index (κ1) is 12.6. The van der Waals surface area contributed by atoms with Crippen molar-refractivity contribution in [3.63, 3.8) is 0 Å². The Kier molecular flexibility index (Phi) is 4.18. The van der Waals surface area contributed by atoms with E-state index in [1.54, 1.807) is 0 Å². The van der Waals surface area contributed by atoms with Gasteiger partial charge < -0.3 is 10.1 Å². The third kappa shape index (κ3) is 3.30. The van der Waals surface area contributed by atoms with E-state index in [-0.39, 0.29) is 0 Å². The van der Waals surface area contributed by atoms with Gasteiger partial charge in [0.2, 0.25) is 0 Å². The van der Waals surface area contributed by atoms with Crippen molar-refractivity contribution in [2.75, 3.05) is 13.2 Å². The molecule has 1 N–H and O–H groups in total. The van der Waals surface area contributed by atoms with Crippen LogP contribution in [0.1, 0.15) is 43.9 Å². The Labute approximate surface area is 103 Å². The SMILES string of the molecule is CC(C)c1nn(C)cc1CNCC1CCCO1. The second-order valence-electron chi connectivity index (χ2n) is 5.13. The van der Waals surface area contributed by atoms with Crippen molar-refractivity contribution in [3.8, 4) is 0 Å². The number of hydrogen-bond donors (Lipinski definition) is 1. The predicted molar refractivity (Wildman–Crippen MR) is 68.0 cm³/mol. The summed E-state index contributed by atoms with van der Waals surface area (Å²) in [6.45, 7) is 7.14. The molecule has 4 heteroatoms. The average Bonchev–Trinajstić information content (AvgIpc) is 2.88. The second-order valence-corrected chi connectivity index (χ2v) is 5.13. The van der Waals surface area contributed by atoms with Crippen LogP contribution in [0.5, 0.6) is 0 Å². The van der Waals surface area contributed by atoms with Crippen LogP contribution in [0, 0.1) is 0 Å². The van der Waals surface area contributed by atoms with Gasteiger partial charge in [-0.15, -0.1) is 0 Å². The Morgan fingerprint density at radius 1 is 1.59 bits per heavy atom. The van der Waals surface area contributed by atoms with Crippen LogP contribution >= 0.6 is 0 Å². The Hall–Kier alpha value is -0.870. The molecule has 1 aliphatic heterocycles. The van der Waals surface area contributed by atoms with Gasteiger partial charge in [0.05, 0.1) is 11.8 Å². The fourth-order valence-electron chi connectivity index (χ4n) is 2.35. The van der Waals surface area contributed by atoms with E-state index >= 15 is 0 Å². The number of aryl methyl sites for hydroxylation is 1. The summed E-state index contributed by atoms with van der Waals surface area (Å²) < 4.78 is 7.49. The van der Waals surface area contributed by atoms with E-state index in [4.69, 9.17) is 4.74 Å². The van der Waals surface area contributed by atoms with Crippen LogP contribution in [0.2, 0.25) is 0 Å². The fourth-order valence-corrected chi connectivity index (χ4v) is 2.35. The minimum atomic E-state index is 0.411. The van der Waals surface area contributed by atoms with Crippen molar-refractivity contribution in [2.45, 2.75) is 45.3 Å². The summed E-state index contributed by atoms with van der Waals surface area (Å²) in [5.74, 6) is 0.482. The lowest BCUT2D eigenvalue weighted by Gasteiger charge is -2.11. The number of ether oxygens (including phenoxy) is 1. The maximum Gasteiger partial charge on any atom is 0.0700 e. The summed E-state index contributed by atoms with van der Waals surface area (Å²) in [6, 6.07) is 0. The minimum Gasteiger partial charge on any atom is -0.377 e. The van der Waals surface area contributed by atoms with Crippen molar-refractivity contribution in [1.29, 1.82) is 0 Å². The lowest BCUT2D eigenvalue weighted by atomic mass is 10.1. The summed E-state index contributed by atoms with van der Waals surface area (Å²) in [7, 11) is 1.98. The highest BCUT2D eigenvalue weighted by molar-refractivity contribution is 5.19. The molecule has 1 aliphatic rings. The molecule has 1 saturated heterocycles. The average molecular weight is 237 g/mol.